The van der Waals surface area contributed by atoms with Gasteiger partial charge in [0.05, 0.1) is 0 Å². The van der Waals surface area contributed by atoms with Gasteiger partial charge >= 0.3 is 0 Å². The molecule has 1 aromatic heterocycles. The normalized spacial score (nSPS) is 16.2. The summed E-state index contributed by atoms with van der Waals surface area (Å²) in [6.07, 6.45) is 3.88. The Morgan fingerprint density at radius 2 is 1.67 bits per heavy atom. The lowest BCUT2D eigenvalue weighted by Crippen LogP contribution is -2.28. The molecule has 4 heteroatoms. The van der Waals surface area contributed by atoms with Gasteiger partial charge in [0.15, 0.2) is 5.78 Å². The average molecular weight is 660 g/mol. The predicted molar refractivity (Wildman–Crippen MR) is 213 cm³/mol. The molecule has 0 bridgehead atoms. The summed E-state index contributed by atoms with van der Waals surface area (Å²) >= 11 is 3.49. The van der Waals surface area contributed by atoms with E-state index in [1.54, 1.807) is 23.1 Å². The van der Waals surface area contributed by atoms with Crippen molar-refractivity contribution in [2.75, 3.05) is 13.1 Å². The molecule has 2 unspecified atom stereocenters. The lowest BCUT2D eigenvalue weighted by atomic mass is 9.93. The number of hydrogen-bond acceptors (Lipinski definition) is 4. The quantitative estimate of drug-likeness (QED) is 0.143. The molecule has 1 fully saturated rings. The highest BCUT2D eigenvalue weighted by molar-refractivity contribution is 8.11. The fraction of sp³-hybridized carbons (Fsp3) is 0.405. The maximum Gasteiger partial charge on any atom is 0.167 e. The van der Waals surface area contributed by atoms with E-state index in [2.05, 4.69) is 89.8 Å². The summed E-state index contributed by atoms with van der Waals surface area (Å²) in [5.74, 6) is 0.807. The molecule has 1 saturated heterocycles. The van der Waals surface area contributed by atoms with Crippen LogP contribution < -0.4 is 0 Å². The Labute approximate surface area is 292 Å². The van der Waals surface area contributed by atoms with E-state index >= 15 is 0 Å². The molecule has 2 aromatic carbocycles. The Morgan fingerprint density at radius 3 is 2.22 bits per heavy atom. The zero-order chi connectivity index (χ0) is 34.4. The van der Waals surface area contributed by atoms with Crippen LogP contribution >= 0.6 is 23.1 Å². The molecule has 4 rings (SSSR count). The van der Waals surface area contributed by atoms with Crippen molar-refractivity contribution in [2.24, 2.45) is 5.92 Å². The Kier molecular flexibility index (Phi) is 16.8. The SMILES string of the molecule is C=C(C)C(=C)C1CC(CC)N(CC)C1.C=C(S/C=C(\CC)c1cccc(CC(=O)c2cccc(C)c2)c1)c1sc(C)cc1C.CC.[HH].[HH]. The van der Waals surface area contributed by atoms with Gasteiger partial charge in [0.1, 0.15) is 0 Å². The molecule has 2 atom stereocenters. The molecule has 252 valence electrons. The number of likely N-dealkylation sites (tertiary alicyclic amines) is 1. The van der Waals surface area contributed by atoms with Gasteiger partial charge in [-0.1, -0.05) is 120 Å². The summed E-state index contributed by atoms with van der Waals surface area (Å²) in [6.45, 7) is 33.8. The molecule has 2 heterocycles. The van der Waals surface area contributed by atoms with Crippen molar-refractivity contribution in [3.8, 4) is 0 Å². The van der Waals surface area contributed by atoms with Crippen LogP contribution in [0.25, 0.3) is 10.5 Å². The zero-order valence-corrected chi connectivity index (χ0v) is 31.6. The Hall–Kier alpha value is -2.92. The standard InChI is InChI=1S/C27H28OS2.C13H23N.C2H6.2H2/c1-6-23(17-29-21(5)27-19(3)14-20(4)30-27)24-11-8-10-22(15-24)16-26(28)25-12-7-9-18(2)13-25;1-6-13-8-12(9-14(13)7-2)11(5)10(3)4;1-2;;/h7-15,17H,5-6,16H2,1-4H3;12-13H,3,5-9H2,1-2,4H3;1-2H3;2*1H/b23-17+;;;;. The number of ketones is 1. The Bertz CT molecular complexity index is 1510. The predicted octanol–water partition coefficient (Wildman–Crippen LogP) is 13.0. The second-order valence-electron chi connectivity index (χ2n) is 12.0. The second kappa shape index (κ2) is 19.7. The van der Waals surface area contributed by atoms with Crippen molar-refractivity contribution >= 4 is 39.4 Å². The minimum absolute atomic E-state index is 0. The van der Waals surface area contributed by atoms with Gasteiger partial charge in [0.2, 0.25) is 0 Å². The first-order valence-corrected chi connectivity index (χ1v) is 18.6. The minimum atomic E-state index is 0. The molecule has 0 saturated carbocycles. The van der Waals surface area contributed by atoms with Crippen LogP contribution in [0, 0.1) is 26.7 Å². The highest BCUT2D eigenvalue weighted by Gasteiger charge is 2.31. The largest absolute Gasteiger partial charge is 0.300 e. The third kappa shape index (κ3) is 11.4. The monoisotopic (exact) mass is 659 g/mol. The molecule has 0 aliphatic carbocycles. The zero-order valence-electron chi connectivity index (χ0n) is 30.0. The van der Waals surface area contributed by atoms with Crippen molar-refractivity contribution in [1.29, 1.82) is 0 Å². The first-order chi connectivity index (χ1) is 22.0. The van der Waals surface area contributed by atoms with Gasteiger partial charge in [-0.2, -0.15) is 0 Å². The van der Waals surface area contributed by atoms with E-state index in [1.165, 1.54) is 58.0 Å². The highest BCUT2D eigenvalue weighted by Crippen LogP contribution is 2.37. The van der Waals surface area contributed by atoms with E-state index in [0.29, 0.717) is 12.3 Å². The van der Waals surface area contributed by atoms with E-state index in [0.717, 1.165) is 39.6 Å². The Balaban J connectivity index is 0.00000104. The maximum atomic E-state index is 12.7. The lowest BCUT2D eigenvalue weighted by Gasteiger charge is -2.20. The van der Waals surface area contributed by atoms with Gasteiger partial charge in [-0.05, 0) is 105 Å². The van der Waals surface area contributed by atoms with Crippen LogP contribution in [0.5, 0.6) is 0 Å². The first kappa shape index (κ1) is 39.3. The van der Waals surface area contributed by atoms with E-state index < -0.39 is 0 Å². The number of Topliss-reactive ketones (excluding diaryl/α,β-unsaturated/α-hetero) is 1. The minimum Gasteiger partial charge on any atom is -0.300 e. The van der Waals surface area contributed by atoms with Crippen molar-refractivity contribution in [3.05, 3.63) is 128 Å². The van der Waals surface area contributed by atoms with Crippen molar-refractivity contribution < 1.29 is 7.65 Å². The molecular weight excluding hydrogens is 599 g/mol. The number of thiophene rings is 1. The lowest BCUT2D eigenvalue weighted by molar-refractivity contribution is 0.0993. The number of thioether (sulfide) groups is 1. The van der Waals surface area contributed by atoms with Crippen LogP contribution in [-0.2, 0) is 6.42 Å². The van der Waals surface area contributed by atoms with Crippen LogP contribution in [-0.4, -0.2) is 29.8 Å². The number of allylic oxidation sites excluding steroid dienone is 2. The summed E-state index contributed by atoms with van der Waals surface area (Å²) in [7, 11) is 0. The molecule has 0 radical (unpaired) electrons. The second-order valence-corrected chi connectivity index (χ2v) is 14.2. The van der Waals surface area contributed by atoms with Gasteiger partial charge in [-0.25, -0.2) is 0 Å². The third-order valence-electron chi connectivity index (χ3n) is 8.47. The van der Waals surface area contributed by atoms with Crippen molar-refractivity contribution in [3.63, 3.8) is 0 Å². The molecule has 2 nitrogen and oxygen atoms in total. The molecule has 0 spiro atoms. The summed E-state index contributed by atoms with van der Waals surface area (Å²) < 4.78 is 0. The van der Waals surface area contributed by atoms with Crippen molar-refractivity contribution in [2.45, 2.75) is 94.0 Å². The Morgan fingerprint density at radius 1 is 1.00 bits per heavy atom. The van der Waals surface area contributed by atoms with Gasteiger partial charge < -0.3 is 4.90 Å². The van der Waals surface area contributed by atoms with Gasteiger partial charge in [-0.15, -0.1) is 11.3 Å². The number of aryl methyl sites for hydroxylation is 3. The van der Waals surface area contributed by atoms with E-state index in [-0.39, 0.29) is 8.64 Å². The van der Waals surface area contributed by atoms with Gasteiger partial charge in [-0.3, -0.25) is 4.79 Å². The smallest absolute Gasteiger partial charge is 0.167 e. The van der Waals surface area contributed by atoms with E-state index in [4.69, 9.17) is 0 Å². The average Bonchev–Trinajstić information content (AvgIpc) is 3.64. The maximum absolute atomic E-state index is 12.7. The van der Waals surface area contributed by atoms with Gasteiger partial charge in [0, 0.05) is 42.1 Å². The summed E-state index contributed by atoms with van der Waals surface area (Å²) in [5, 5.41) is 2.21. The summed E-state index contributed by atoms with van der Waals surface area (Å²) in [6, 6.07) is 19.1. The number of benzene rings is 2. The number of hydrogen-bond donors (Lipinski definition) is 0. The number of rotatable bonds is 12. The molecule has 0 amide bonds. The topological polar surface area (TPSA) is 20.3 Å². The molecule has 46 heavy (non-hydrogen) atoms. The summed E-state index contributed by atoms with van der Waals surface area (Å²) in [4.78, 5) is 18.9. The molecule has 0 N–H and O–H groups in total. The number of carbonyl (C=O) groups is 1. The first-order valence-electron chi connectivity index (χ1n) is 16.9. The molecule has 1 aliphatic rings. The van der Waals surface area contributed by atoms with E-state index in [1.807, 2.05) is 57.2 Å². The fourth-order valence-corrected chi connectivity index (χ4v) is 7.87. The number of nitrogens with zero attached hydrogens (tertiary/aromatic N) is 1. The fourth-order valence-electron chi connectivity index (χ4n) is 5.85. The third-order valence-corrected chi connectivity index (χ3v) is 10.7. The van der Waals surface area contributed by atoms with Gasteiger partial charge in [0.25, 0.3) is 0 Å². The summed E-state index contributed by atoms with van der Waals surface area (Å²) in [5.41, 5.74) is 9.08. The van der Waals surface area contributed by atoms with Crippen LogP contribution in [0.4, 0.5) is 0 Å². The van der Waals surface area contributed by atoms with Crippen LogP contribution in [0.15, 0.2) is 90.9 Å². The molecule has 3 aromatic rings. The number of carbonyl (C=O) groups excluding carboxylic acids is 1. The molecular formula is C42H61NOS2. The van der Waals surface area contributed by atoms with Crippen LogP contribution in [0.1, 0.15) is 106 Å². The van der Waals surface area contributed by atoms with E-state index in [9.17, 15) is 4.79 Å². The van der Waals surface area contributed by atoms with Crippen LogP contribution in [0.2, 0.25) is 0 Å². The highest BCUT2D eigenvalue weighted by atomic mass is 32.2. The van der Waals surface area contributed by atoms with Crippen LogP contribution in [0.3, 0.4) is 0 Å². The molecule has 1 aliphatic heterocycles. The van der Waals surface area contributed by atoms with Crippen molar-refractivity contribution in [1.82, 2.24) is 4.90 Å².